The van der Waals surface area contributed by atoms with Gasteiger partial charge in [-0.2, -0.15) is 14.0 Å². The third-order valence-corrected chi connectivity index (χ3v) is 5.87. The summed E-state index contributed by atoms with van der Waals surface area (Å²) in [6.45, 7) is -0.181. The molecule has 0 amide bonds. The molecule has 2 unspecified atom stereocenters. The number of carboxylic acids is 1. The number of nitriles is 1. The van der Waals surface area contributed by atoms with Crippen LogP contribution < -0.4 is 9.47 Å². The summed E-state index contributed by atoms with van der Waals surface area (Å²) in [6.07, 6.45) is 0. The molecule has 0 saturated heterocycles. The van der Waals surface area contributed by atoms with Crippen molar-refractivity contribution in [3.05, 3.63) is 94.0 Å². The summed E-state index contributed by atoms with van der Waals surface area (Å²) in [6, 6.07) is 20.2. The lowest BCUT2D eigenvalue weighted by Gasteiger charge is -2.38. The summed E-state index contributed by atoms with van der Waals surface area (Å²) in [4.78, 5) is 23.5. The summed E-state index contributed by atoms with van der Waals surface area (Å²) in [5.41, 5.74) is -2.61. The molecule has 3 rings (SSSR count). The van der Waals surface area contributed by atoms with Crippen molar-refractivity contribution in [2.75, 3.05) is 0 Å². The second kappa shape index (κ2) is 10.8. The van der Waals surface area contributed by atoms with Crippen molar-refractivity contribution in [1.82, 2.24) is 0 Å². The van der Waals surface area contributed by atoms with Crippen LogP contribution in [0.5, 0.6) is 17.2 Å². The van der Waals surface area contributed by atoms with Gasteiger partial charge >= 0.3 is 18.3 Å². The highest BCUT2D eigenvalue weighted by Crippen LogP contribution is 2.47. The molecule has 0 aromatic heterocycles. The second-order valence-corrected chi connectivity index (χ2v) is 8.20. The Kier molecular flexibility index (Phi) is 7.84. The van der Waals surface area contributed by atoms with Gasteiger partial charge in [0.25, 0.3) is 0 Å². The summed E-state index contributed by atoms with van der Waals surface area (Å²) in [5.74, 6) is -3.31. The van der Waals surface area contributed by atoms with E-state index in [-0.39, 0.29) is 5.56 Å². The summed E-state index contributed by atoms with van der Waals surface area (Å²) in [5, 5.41) is 32.3. The smallest absolute Gasteiger partial charge is 0.387 e. The van der Waals surface area contributed by atoms with Gasteiger partial charge in [-0.1, -0.05) is 50.2 Å². The first-order valence-electron chi connectivity index (χ1n) is 10.8. The number of alkyl halides is 2. The van der Waals surface area contributed by atoms with E-state index >= 15 is 0 Å². The molecule has 1 N–H and O–H groups in total. The molecule has 0 saturated carbocycles. The number of benzene rings is 3. The minimum Gasteiger partial charge on any atom is -0.481 e. The Bertz CT molecular complexity index is 1290. The molecule has 0 bridgehead atoms. The fourth-order valence-corrected chi connectivity index (χ4v) is 4.26. The molecule has 10 heteroatoms. The van der Waals surface area contributed by atoms with Crippen molar-refractivity contribution in [1.29, 1.82) is 5.26 Å². The van der Waals surface area contributed by atoms with Crippen LogP contribution in [0.15, 0.2) is 72.8 Å². The van der Waals surface area contributed by atoms with E-state index in [4.69, 9.17) is 4.74 Å². The molecule has 8 nitrogen and oxygen atoms in total. The van der Waals surface area contributed by atoms with Gasteiger partial charge < -0.3 is 14.6 Å². The number of hydrogen-bond donors (Lipinski definition) is 1. The Morgan fingerprint density at radius 3 is 2.28 bits per heavy atom. The molecular formula is C26H22F2N2O6. The van der Waals surface area contributed by atoms with E-state index < -0.39 is 46.2 Å². The molecule has 3 aromatic carbocycles. The van der Waals surface area contributed by atoms with Crippen LogP contribution in [0.2, 0.25) is 0 Å². The number of rotatable bonds is 10. The molecule has 0 fully saturated rings. The van der Waals surface area contributed by atoms with Crippen molar-refractivity contribution < 1.29 is 33.1 Å². The van der Waals surface area contributed by atoms with Gasteiger partial charge in [0.1, 0.15) is 16.9 Å². The summed E-state index contributed by atoms with van der Waals surface area (Å²) in [7, 11) is 0. The quantitative estimate of drug-likeness (QED) is 0.259. The molecule has 0 spiro atoms. The maximum absolute atomic E-state index is 12.9. The van der Waals surface area contributed by atoms with E-state index in [1.54, 1.807) is 56.3 Å². The molecule has 0 aliphatic rings. The van der Waals surface area contributed by atoms with Crippen LogP contribution in [0.1, 0.15) is 30.9 Å². The van der Waals surface area contributed by atoms with Gasteiger partial charge in [0, 0.05) is 6.07 Å². The zero-order valence-corrected chi connectivity index (χ0v) is 19.3. The Morgan fingerprint density at radius 2 is 1.72 bits per heavy atom. The SMILES string of the molecule is CC(C)C(C(=O)O)(c1ccc(OC(F)F)c([N+](=O)[O-])c1)C(C#N)c1cccc(Oc2ccccc2)c1. The number of nitro groups is 1. The zero-order valence-electron chi connectivity index (χ0n) is 19.3. The maximum atomic E-state index is 12.9. The minimum absolute atomic E-state index is 0.0979. The largest absolute Gasteiger partial charge is 0.481 e. The topological polar surface area (TPSA) is 123 Å². The first-order chi connectivity index (χ1) is 17.1. The standard InChI is InChI=1S/C26H22F2N2O6/c1-16(2)26(24(31)32,18-11-12-23(36-25(27)28)22(14-18)30(33)34)21(15-29)17-7-6-10-20(13-17)35-19-8-4-3-5-9-19/h3-14,16,21,25H,1-2H3,(H,31,32). The number of aliphatic carboxylic acids is 1. The minimum atomic E-state index is -3.32. The first-order valence-corrected chi connectivity index (χ1v) is 10.8. The van der Waals surface area contributed by atoms with Crippen LogP contribution in [0, 0.1) is 27.4 Å². The Morgan fingerprint density at radius 1 is 1.06 bits per heavy atom. The number of carbonyl (C=O) groups is 1. The van der Waals surface area contributed by atoms with E-state index in [2.05, 4.69) is 4.74 Å². The van der Waals surface area contributed by atoms with E-state index in [1.807, 2.05) is 12.1 Å². The number of carboxylic acid groups (broad SMARTS) is 1. The molecule has 0 heterocycles. The average molecular weight is 496 g/mol. The molecule has 0 radical (unpaired) electrons. The highest BCUT2D eigenvalue weighted by Gasteiger charge is 2.52. The predicted octanol–water partition coefficient (Wildman–Crippen LogP) is 6.27. The van der Waals surface area contributed by atoms with E-state index in [9.17, 15) is 34.1 Å². The van der Waals surface area contributed by atoms with Gasteiger partial charge in [-0.25, -0.2) is 0 Å². The molecule has 0 aliphatic heterocycles. The molecule has 36 heavy (non-hydrogen) atoms. The second-order valence-electron chi connectivity index (χ2n) is 8.20. The van der Waals surface area contributed by atoms with Gasteiger partial charge in [-0.3, -0.25) is 14.9 Å². The number of nitro benzene ring substituents is 1. The first kappa shape index (κ1) is 26.1. The molecule has 2 atom stereocenters. The Balaban J connectivity index is 2.18. The summed E-state index contributed by atoms with van der Waals surface area (Å²) < 4.78 is 35.6. The lowest BCUT2D eigenvalue weighted by atomic mass is 9.61. The monoisotopic (exact) mass is 496 g/mol. The highest BCUT2D eigenvalue weighted by molar-refractivity contribution is 5.85. The van der Waals surface area contributed by atoms with Crippen molar-refractivity contribution in [3.8, 4) is 23.3 Å². The van der Waals surface area contributed by atoms with E-state index in [0.717, 1.165) is 18.2 Å². The number of hydrogen-bond acceptors (Lipinski definition) is 6. The van der Waals surface area contributed by atoms with Crippen LogP contribution in [0.25, 0.3) is 0 Å². The number of para-hydroxylation sites is 1. The van der Waals surface area contributed by atoms with Crippen LogP contribution in [0.4, 0.5) is 14.5 Å². The van der Waals surface area contributed by atoms with E-state index in [0.29, 0.717) is 17.1 Å². The molecule has 3 aromatic rings. The van der Waals surface area contributed by atoms with Crippen LogP contribution >= 0.6 is 0 Å². The van der Waals surface area contributed by atoms with Gasteiger partial charge in [0.2, 0.25) is 5.75 Å². The van der Waals surface area contributed by atoms with Gasteiger partial charge in [-0.05, 0) is 47.4 Å². The van der Waals surface area contributed by atoms with Crippen LogP contribution in [-0.4, -0.2) is 22.6 Å². The predicted molar refractivity (Wildman–Crippen MR) is 125 cm³/mol. The van der Waals surface area contributed by atoms with Crippen molar-refractivity contribution in [2.45, 2.75) is 31.8 Å². The average Bonchev–Trinajstić information content (AvgIpc) is 2.82. The lowest BCUT2D eigenvalue weighted by Crippen LogP contribution is -2.46. The van der Waals surface area contributed by atoms with Gasteiger partial charge in [0.15, 0.2) is 0 Å². The van der Waals surface area contributed by atoms with Gasteiger partial charge in [0.05, 0.1) is 16.9 Å². The van der Waals surface area contributed by atoms with Crippen LogP contribution in [0.3, 0.4) is 0 Å². The fourth-order valence-electron chi connectivity index (χ4n) is 4.26. The number of ether oxygens (including phenoxy) is 2. The maximum Gasteiger partial charge on any atom is 0.387 e. The van der Waals surface area contributed by atoms with Crippen molar-refractivity contribution in [2.24, 2.45) is 5.92 Å². The number of halogens is 2. The van der Waals surface area contributed by atoms with Crippen molar-refractivity contribution >= 4 is 11.7 Å². The van der Waals surface area contributed by atoms with Crippen molar-refractivity contribution in [3.63, 3.8) is 0 Å². The van der Waals surface area contributed by atoms with Crippen LogP contribution in [-0.2, 0) is 10.2 Å². The Hall–Kier alpha value is -4.52. The normalized spacial score (nSPS) is 13.5. The molecule has 0 aliphatic carbocycles. The summed E-state index contributed by atoms with van der Waals surface area (Å²) >= 11 is 0. The Labute approximate surface area is 205 Å². The number of nitrogens with zero attached hydrogens (tertiary/aromatic N) is 2. The zero-order chi connectivity index (χ0) is 26.5. The lowest BCUT2D eigenvalue weighted by molar-refractivity contribution is -0.386. The third kappa shape index (κ3) is 5.10. The molecular weight excluding hydrogens is 474 g/mol. The fraction of sp³-hybridized carbons (Fsp3) is 0.231. The van der Waals surface area contributed by atoms with Gasteiger partial charge in [-0.15, -0.1) is 0 Å². The third-order valence-electron chi connectivity index (χ3n) is 5.87. The molecule has 186 valence electrons. The van der Waals surface area contributed by atoms with E-state index in [1.165, 1.54) is 6.07 Å². The highest BCUT2D eigenvalue weighted by atomic mass is 19.3.